The molecule has 0 aliphatic carbocycles. The molecule has 10 heteroatoms. The first-order chi connectivity index (χ1) is 12.4. The number of hydrogen-bond acceptors (Lipinski definition) is 5. The number of rotatable bonds is 3. The number of amides is 1. The van der Waals surface area contributed by atoms with Crippen LogP contribution in [0, 0.1) is 6.92 Å². The van der Waals surface area contributed by atoms with Gasteiger partial charge in [-0.05, 0) is 26.3 Å². The molecule has 0 bridgehead atoms. The van der Waals surface area contributed by atoms with Gasteiger partial charge in [-0.3, -0.25) is 14.2 Å². The fourth-order valence-corrected chi connectivity index (χ4v) is 4.65. The Morgan fingerprint density at radius 3 is 2.73 bits per heavy atom. The van der Waals surface area contributed by atoms with Crippen LogP contribution in [0.25, 0.3) is 15.2 Å². The number of halogens is 1. The molecule has 0 spiro atoms. The van der Waals surface area contributed by atoms with E-state index in [0.29, 0.717) is 23.5 Å². The second kappa shape index (κ2) is 5.90. The van der Waals surface area contributed by atoms with Gasteiger partial charge >= 0.3 is 5.69 Å². The Labute approximate surface area is 150 Å². The quantitative estimate of drug-likeness (QED) is 0.744. The van der Waals surface area contributed by atoms with Crippen LogP contribution >= 0.6 is 11.3 Å². The summed E-state index contributed by atoms with van der Waals surface area (Å²) in [6.07, 6.45) is 1.97. The summed E-state index contributed by atoms with van der Waals surface area (Å²) in [6, 6.07) is 0.812. The van der Waals surface area contributed by atoms with Crippen molar-refractivity contribution in [1.82, 2.24) is 24.2 Å². The fourth-order valence-electron chi connectivity index (χ4n) is 3.34. The van der Waals surface area contributed by atoms with Crippen molar-refractivity contribution in [3.05, 3.63) is 44.9 Å². The van der Waals surface area contributed by atoms with E-state index < -0.39 is 29.5 Å². The van der Waals surface area contributed by atoms with Crippen LogP contribution in [0.1, 0.15) is 31.2 Å². The summed E-state index contributed by atoms with van der Waals surface area (Å²) in [5, 5.41) is 7.63. The van der Waals surface area contributed by atoms with Crippen molar-refractivity contribution >= 4 is 27.5 Å². The highest BCUT2D eigenvalue weighted by atomic mass is 32.1. The number of carbonyl (C=O) groups excluding carboxylic acids is 1. The Bertz CT molecular complexity index is 1130. The van der Waals surface area contributed by atoms with E-state index in [1.54, 1.807) is 30.1 Å². The van der Waals surface area contributed by atoms with Gasteiger partial charge in [-0.15, -0.1) is 0 Å². The van der Waals surface area contributed by atoms with Crippen molar-refractivity contribution in [2.45, 2.75) is 32.6 Å². The molecule has 4 heterocycles. The van der Waals surface area contributed by atoms with Gasteiger partial charge in [0, 0.05) is 24.5 Å². The Balaban J connectivity index is 2.12. The molecule has 0 saturated carbocycles. The minimum Gasteiger partial charge on any atom is -0.354 e. The number of nitrogens with zero attached hydrogens (tertiary/aromatic N) is 4. The molecular weight excluding hydrogens is 361 g/mol. The molecule has 1 N–H and O–H groups in total. The topological polar surface area (TPSA) is 90.9 Å². The minimum absolute atomic E-state index is 0.240. The van der Waals surface area contributed by atoms with E-state index in [1.807, 2.05) is 0 Å². The number of nitrogens with one attached hydrogen (secondary N) is 1. The van der Waals surface area contributed by atoms with Crippen molar-refractivity contribution in [2.75, 3.05) is 6.54 Å². The highest BCUT2D eigenvalue weighted by molar-refractivity contribution is 7.21. The van der Waals surface area contributed by atoms with E-state index in [0.717, 1.165) is 20.5 Å². The zero-order chi connectivity index (χ0) is 18.6. The van der Waals surface area contributed by atoms with E-state index >= 15 is 0 Å². The van der Waals surface area contributed by atoms with Crippen LogP contribution in [-0.2, 0) is 4.79 Å². The molecule has 1 amide bonds. The molecule has 1 saturated heterocycles. The number of thiophene rings is 1. The number of fused-ring (bicyclic) bond motifs is 1. The first-order valence-corrected chi connectivity index (χ1v) is 8.95. The van der Waals surface area contributed by atoms with Gasteiger partial charge in [-0.2, -0.15) is 5.10 Å². The lowest BCUT2D eigenvalue weighted by Gasteiger charge is -2.15. The molecule has 1 fully saturated rings. The Kier molecular flexibility index (Phi) is 3.79. The highest BCUT2D eigenvalue weighted by Gasteiger charge is 2.32. The molecule has 2 atom stereocenters. The number of aryl methyl sites for hydroxylation is 1. The second-order valence-electron chi connectivity index (χ2n) is 6.16. The molecule has 8 nitrogen and oxygen atoms in total. The van der Waals surface area contributed by atoms with Gasteiger partial charge < -0.3 is 5.32 Å². The van der Waals surface area contributed by atoms with Crippen molar-refractivity contribution in [3.8, 4) is 5.00 Å². The smallest absolute Gasteiger partial charge is 0.335 e. The monoisotopic (exact) mass is 377 g/mol. The SMILES string of the molecule is Cc1c(-n2cccn2)sc2c1c(=O)n([C@H]1CCNC1=O)c(=O)n2C(C)F. The predicted octanol–water partition coefficient (Wildman–Crippen LogP) is 1.27. The summed E-state index contributed by atoms with van der Waals surface area (Å²) in [5.41, 5.74) is -0.788. The first kappa shape index (κ1) is 16.7. The standard InChI is InChI=1S/C16H16FN5O3S/c1-8-11-13(24)22(10-4-6-18-12(10)23)16(25)21(9(2)17)15(11)26-14(8)20-7-3-5-19-20/h3,5,7,9-10H,4,6H2,1-2H3,(H,18,23)/t9?,10-/m0/s1. The highest BCUT2D eigenvalue weighted by Crippen LogP contribution is 2.32. The zero-order valence-corrected chi connectivity index (χ0v) is 14.9. The average Bonchev–Trinajstić information content (AvgIpc) is 3.29. The maximum Gasteiger partial charge on any atom is 0.335 e. The van der Waals surface area contributed by atoms with Crippen LogP contribution in [0.2, 0.25) is 0 Å². The maximum atomic E-state index is 14.3. The van der Waals surface area contributed by atoms with Crippen LogP contribution in [0.4, 0.5) is 4.39 Å². The zero-order valence-electron chi connectivity index (χ0n) is 14.1. The number of carbonyl (C=O) groups is 1. The van der Waals surface area contributed by atoms with Crippen LogP contribution in [0.5, 0.6) is 0 Å². The van der Waals surface area contributed by atoms with Gasteiger partial charge in [0.05, 0.1) is 5.39 Å². The van der Waals surface area contributed by atoms with Gasteiger partial charge in [0.2, 0.25) is 5.91 Å². The third-order valence-electron chi connectivity index (χ3n) is 4.57. The van der Waals surface area contributed by atoms with E-state index in [9.17, 15) is 18.8 Å². The second-order valence-corrected chi connectivity index (χ2v) is 7.14. The Morgan fingerprint density at radius 1 is 1.38 bits per heavy atom. The number of alkyl halides is 1. The summed E-state index contributed by atoms with van der Waals surface area (Å²) in [7, 11) is 0. The van der Waals surface area contributed by atoms with Gasteiger partial charge in [0.15, 0.2) is 6.30 Å². The summed E-state index contributed by atoms with van der Waals surface area (Å²) in [5.74, 6) is -0.401. The van der Waals surface area contributed by atoms with Crippen molar-refractivity contribution in [3.63, 3.8) is 0 Å². The summed E-state index contributed by atoms with van der Waals surface area (Å²) in [4.78, 5) is 38.3. The fraction of sp³-hybridized carbons (Fsp3) is 0.375. The van der Waals surface area contributed by atoms with E-state index in [2.05, 4.69) is 10.4 Å². The molecule has 1 unspecified atom stereocenters. The van der Waals surface area contributed by atoms with Gasteiger partial charge in [-0.1, -0.05) is 11.3 Å². The van der Waals surface area contributed by atoms with Crippen LogP contribution in [0.3, 0.4) is 0 Å². The Hall–Kier alpha value is -2.75. The lowest BCUT2D eigenvalue weighted by molar-refractivity contribution is -0.122. The van der Waals surface area contributed by atoms with Crippen molar-refractivity contribution in [1.29, 1.82) is 0 Å². The molecule has 3 aromatic heterocycles. The molecule has 0 radical (unpaired) electrons. The van der Waals surface area contributed by atoms with E-state index in [4.69, 9.17) is 0 Å². The molecule has 3 aromatic rings. The van der Waals surface area contributed by atoms with Gasteiger partial charge in [0.25, 0.3) is 5.56 Å². The van der Waals surface area contributed by atoms with Crippen LogP contribution < -0.4 is 16.6 Å². The van der Waals surface area contributed by atoms with Crippen molar-refractivity contribution < 1.29 is 9.18 Å². The lowest BCUT2D eigenvalue weighted by atomic mass is 10.2. The summed E-state index contributed by atoms with van der Waals surface area (Å²) >= 11 is 1.13. The summed E-state index contributed by atoms with van der Waals surface area (Å²) in [6.45, 7) is 3.33. The minimum atomic E-state index is -1.65. The van der Waals surface area contributed by atoms with Crippen LogP contribution in [0.15, 0.2) is 28.0 Å². The number of aromatic nitrogens is 4. The lowest BCUT2D eigenvalue weighted by Crippen LogP contribution is -2.44. The Morgan fingerprint density at radius 2 is 2.15 bits per heavy atom. The van der Waals surface area contributed by atoms with Crippen molar-refractivity contribution in [2.24, 2.45) is 0 Å². The molecule has 1 aliphatic heterocycles. The molecule has 1 aliphatic rings. The van der Waals surface area contributed by atoms with E-state index in [1.165, 1.54) is 6.92 Å². The summed E-state index contributed by atoms with van der Waals surface area (Å²) < 4.78 is 17.7. The third-order valence-corrected chi connectivity index (χ3v) is 5.85. The normalized spacial score (nSPS) is 18.4. The molecular formula is C16H16FN5O3S. The maximum absolute atomic E-state index is 14.3. The molecule has 26 heavy (non-hydrogen) atoms. The van der Waals surface area contributed by atoms with Gasteiger partial charge in [0.1, 0.15) is 15.9 Å². The average molecular weight is 377 g/mol. The molecule has 4 rings (SSSR count). The molecule has 136 valence electrons. The van der Waals surface area contributed by atoms with E-state index in [-0.39, 0.29) is 10.2 Å². The first-order valence-electron chi connectivity index (χ1n) is 8.13. The van der Waals surface area contributed by atoms with Crippen LogP contribution in [-0.4, -0.2) is 31.4 Å². The predicted molar refractivity (Wildman–Crippen MR) is 94.7 cm³/mol. The van der Waals surface area contributed by atoms with Gasteiger partial charge in [-0.25, -0.2) is 18.4 Å². The third kappa shape index (κ3) is 2.25. The largest absolute Gasteiger partial charge is 0.354 e. The molecule has 0 aromatic carbocycles. The number of hydrogen-bond donors (Lipinski definition) is 1.